The molecule has 0 radical (unpaired) electrons. The van der Waals surface area contributed by atoms with Crippen LogP contribution in [-0.4, -0.2) is 19.4 Å². The predicted octanol–water partition coefficient (Wildman–Crippen LogP) is 3.42. The third-order valence-corrected chi connectivity index (χ3v) is 3.26. The van der Waals surface area contributed by atoms with Crippen LogP contribution in [0.5, 0.6) is 0 Å². The number of Topliss-reactive ketones (excluding diaryl/α,β-unsaturated/α-hetero) is 1. The maximum absolute atomic E-state index is 12.1. The van der Waals surface area contributed by atoms with Gasteiger partial charge in [-0.3, -0.25) is 4.79 Å². The molecule has 1 rings (SSSR count). The van der Waals surface area contributed by atoms with E-state index in [0.717, 1.165) is 6.42 Å². The lowest BCUT2D eigenvalue weighted by molar-refractivity contribution is 0.0916. The molecule has 1 aromatic carbocycles. The van der Waals surface area contributed by atoms with Gasteiger partial charge in [0.05, 0.1) is 10.0 Å². The van der Waals surface area contributed by atoms with Crippen LogP contribution in [0.4, 0.5) is 0 Å². The van der Waals surface area contributed by atoms with Crippen LogP contribution in [0, 0.1) is 5.92 Å². The van der Waals surface area contributed by atoms with Crippen molar-refractivity contribution >= 4 is 29.0 Å². The Kier molecular flexibility index (Phi) is 5.26. The predicted molar refractivity (Wildman–Crippen MR) is 68.5 cm³/mol. The fourth-order valence-electron chi connectivity index (χ4n) is 1.55. The van der Waals surface area contributed by atoms with E-state index in [1.165, 1.54) is 0 Å². The van der Waals surface area contributed by atoms with Crippen LogP contribution in [-0.2, 0) is 0 Å². The molecule has 0 saturated heterocycles. The molecular formula is C12H15Cl2NO. The summed E-state index contributed by atoms with van der Waals surface area (Å²) in [5, 5.41) is 3.91. The lowest BCUT2D eigenvalue weighted by atomic mass is 9.95. The smallest absolute Gasteiger partial charge is 0.167 e. The molecule has 0 bridgehead atoms. The molecule has 16 heavy (non-hydrogen) atoms. The highest BCUT2D eigenvalue weighted by atomic mass is 35.5. The summed E-state index contributed by atoms with van der Waals surface area (Å²) < 4.78 is 0. The minimum atomic E-state index is -0.0118. The van der Waals surface area contributed by atoms with Gasteiger partial charge in [-0.25, -0.2) is 0 Å². The molecule has 0 aromatic heterocycles. The number of nitrogens with one attached hydrogen (secondary N) is 1. The molecular weight excluding hydrogens is 245 g/mol. The molecule has 2 nitrogen and oxygen atoms in total. The zero-order chi connectivity index (χ0) is 12.1. The van der Waals surface area contributed by atoms with Crippen LogP contribution in [0.15, 0.2) is 18.2 Å². The summed E-state index contributed by atoms with van der Waals surface area (Å²) in [6.07, 6.45) is 0.805. The molecule has 0 spiro atoms. The Morgan fingerprint density at radius 3 is 2.56 bits per heavy atom. The van der Waals surface area contributed by atoms with Gasteiger partial charge in [-0.15, -0.1) is 0 Å². The van der Waals surface area contributed by atoms with Crippen molar-refractivity contribution in [2.45, 2.75) is 13.3 Å². The molecule has 0 aliphatic heterocycles. The number of carbonyl (C=O) groups is 1. The maximum Gasteiger partial charge on any atom is 0.167 e. The lowest BCUT2D eigenvalue weighted by Gasteiger charge is -2.13. The number of benzene rings is 1. The van der Waals surface area contributed by atoms with Gasteiger partial charge in [-0.2, -0.15) is 0 Å². The Balaban J connectivity index is 2.90. The highest BCUT2D eigenvalue weighted by Crippen LogP contribution is 2.24. The molecule has 1 N–H and O–H groups in total. The molecule has 0 saturated carbocycles. The van der Waals surface area contributed by atoms with E-state index in [2.05, 4.69) is 5.32 Å². The topological polar surface area (TPSA) is 29.1 Å². The summed E-state index contributed by atoms with van der Waals surface area (Å²) in [6.45, 7) is 2.67. The van der Waals surface area contributed by atoms with Crippen molar-refractivity contribution in [2.24, 2.45) is 5.92 Å². The van der Waals surface area contributed by atoms with Crippen LogP contribution in [0.3, 0.4) is 0 Å². The van der Waals surface area contributed by atoms with E-state index >= 15 is 0 Å². The largest absolute Gasteiger partial charge is 0.319 e. The molecule has 0 fully saturated rings. The summed E-state index contributed by atoms with van der Waals surface area (Å²) in [5.41, 5.74) is 0.622. The number of rotatable bonds is 5. The lowest BCUT2D eigenvalue weighted by Crippen LogP contribution is -2.25. The molecule has 0 aliphatic carbocycles. The van der Waals surface area contributed by atoms with Gasteiger partial charge in [0.15, 0.2) is 5.78 Å². The normalized spacial score (nSPS) is 12.5. The van der Waals surface area contributed by atoms with Crippen LogP contribution in [0.2, 0.25) is 10.0 Å². The van der Waals surface area contributed by atoms with E-state index in [1.54, 1.807) is 18.2 Å². The van der Waals surface area contributed by atoms with Crippen molar-refractivity contribution in [2.75, 3.05) is 13.6 Å². The Hall–Kier alpha value is -0.570. The summed E-state index contributed by atoms with van der Waals surface area (Å²) in [6, 6.07) is 5.00. The summed E-state index contributed by atoms with van der Waals surface area (Å²) in [5.74, 6) is 0.0951. The minimum Gasteiger partial charge on any atom is -0.319 e. The first-order valence-corrected chi connectivity index (χ1v) is 5.99. The zero-order valence-electron chi connectivity index (χ0n) is 9.39. The Bertz CT molecular complexity index is 379. The first-order chi connectivity index (χ1) is 7.60. The van der Waals surface area contributed by atoms with Crippen molar-refractivity contribution in [3.63, 3.8) is 0 Å². The van der Waals surface area contributed by atoms with Gasteiger partial charge in [0, 0.05) is 18.0 Å². The van der Waals surface area contributed by atoms with E-state index < -0.39 is 0 Å². The molecule has 1 atom stereocenters. The first-order valence-electron chi connectivity index (χ1n) is 5.24. The monoisotopic (exact) mass is 259 g/mol. The van der Waals surface area contributed by atoms with E-state index in [4.69, 9.17) is 23.2 Å². The number of hydrogen-bond donors (Lipinski definition) is 1. The SMILES string of the molecule is CCC(CNC)C(=O)c1ccc(Cl)c(Cl)c1. The van der Waals surface area contributed by atoms with Gasteiger partial charge in [0.2, 0.25) is 0 Å². The molecule has 0 amide bonds. The third-order valence-electron chi connectivity index (χ3n) is 2.52. The zero-order valence-corrected chi connectivity index (χ0v) is 10.9. The first kappa shape index (κ1) is 13.5. The quantitative estimate of drug-likeness (QED) is 0.822. The van der Waals surface area contributed by atoms with Crippen molar-refractivity contribution in [1.82, 2.24) is 5.32 Å². The van der Waals surface area contributed by atoms with Gasteiger partial charge in [0.25, 0.3) is 0 Å². The van der Waals surface area contributed by atoms with Crippen LogP contribution in [0.25, 0.3) is 0 Å². The van der Waals surface area contributed by atoms with Gasteiger partial charge >= 0.3 is 0 Å². The molecule has 0 heterocycles. The van der Waals surface area contributed by atoms with Crippen molar-refractivity contribution < 1.29 is 4.79 Å². The second-order valence-electron chi connectivity index (χ2n) is 3.66. The fraction of sp³-hybridized carbons (Fsp3) is 0.417. The molecule has 4 heteroatoms. The van der Waals surface area contributed by atoms with E-state index in [1.807, 2.05) is 14.0 Å². The van der Waals surface area contributed by atoms with Gasteiger partial charge in [-0.05, 0) is 31.7 Å². The highest BCUT2D eigenvalue weighted by molar-refractivity contribution is 6.42. The Morgan fingerprint density at radius 2 is 2.06 bits per heavy atom. The minimum absolute atomic E-state index is 0.0118. The van der Waals surface area contributed by atoms with Gasteiger partial charge in [0.1, 0.15) is 0 Å². The second kappa shape index (κ2) is 6.24. The van der Waals surface area contributed by atoms with Crippen LogP contribution in [0.1, 0.15) is 23.7 Å². The van der Waals surface area contributed by atoms with Crippen LogP contribution < -0.4 is 5.32 Å². The van der Waals surface area contributed by atoms with E-state index in [9.17, 15) is 4.79 Å². The van der Waals surface area contributed by atoms with Gasteiger partial charge < -0.3 is 5.32 Å². The number of halogens is 2. The maximum atomic E-state index is 12.1. The van der Waals surface area contributed by atoms with Crippen LogP contribution >= 0.6 is 23.2 Å². The van der Waals surface area contributed by atoms with Gasteiger partial charge in [-0.1, -0.05) is 30.1 Å². The summed E-state index contributed by atoms with van der Waals surface area (Å²) in [7, 11) is 1.84. The number of carbonyl (C=O) groups excluding carboxylic acids is 1. The van der Waals surface area contributed by atoms with Crippen molar-refractivity contribution in [3.8, 4) is 0 Å². The average Bonchev–Trinajstić information content (AvgIpc) is 2.28. The molecule has 0 aliphatic rings. The Morgan fingerprint density at radius 1 is 1.38 bits per heavy atom. The third kappa shape index (κ3) is 3.21. The average molecular weight is 260 g/mol. The summed E-state index contributed by atoms with van der Waals surface area (Å²) >= 11 is 11.7. The number of hydrogen-bond acceptors (Lipinski definition) is 2. The van der Waals surface area contributed by atoms with E-state index in [0.29, 0.717) is 22.2 Å². The molecule has 88 valence electrons. The molecule has 1 unspecified atom stereocenters. The second-order valence-corrected chi connectivity index (χ2v) is 4.47. The van der Waals surface area contributed by atoms with Crippen molar-refractivity contribution in [1.29, 1.82) is 0 Å². The highest BCUT2D eigenvalue weighted by Gasteiger charge is 2.18. The molecule has 1 aromatic rings. The fourth-order valence-corrected chi connectivity index (χ4v) is 1.85. The summed E-state index contributed by atoms with van der Waals surface area (Å²) in [4.78, 5) is 12.1. The van der Waals surface area contributed by atoms with Crippen molar-refractivity contribution in [3.05, 3.63) is 33.8 Å². The van der Waals surface area contributed by atoms with E-state index in [-0.39, 0.29) is 11.7 Å². The Labute approximate surface area is 106 Å². The standard InChI is InChI=1S/C12H15Cl2NO/c1-3-8(7-15-2)12(16)9-4-5-10(13)11(14)6-9/h4-6,8,15H,3,7H2,1-2H3. The number of ketones is 1.